The fraction of sp³-hybridized carbons (Fsp3) is 0.800. The first kappa shape index (κ1) is 34.2. The quantitative estimate of drug-likeness (QED) is 0.208. The molecule has 11 heteroatoms. The van der Waals surface area contributed by atoms with Crippen molar-refractivity contribution in [3.8, 4) is 0 Å². The van der Waals surface area contributed by atoms with E-state index in [1.54, 1.807) is 0 Å². The molecule has 0 fully saturated rings. The van der Waals surface area contributed by atoms with Crippen LogP contribution in [0.3, 0.4) is 0 Å². The average Bonchev–Trinajstić information content (AvgIpc) is 2.13. The number of hydrogen-bond donors (Lipinski definition) is 6. The van der Waals surface area contributed by atoms with Crippen molar-refractivity contribution in [1.29, 1.82) is 0 Å². The molecule has 0 unspecified atom stereocenters. The Labute approximate surface area is 153 Å². The predicted molar refractivity (Wildman–Crippen MR) is 91.5 cm³/mol. The molecule has 0 aromatic heterocycles. The standard InChI is InChI=1S/2C5H11.Mo.2H3O3PS/c2*1-4-5(2)3;;2*1-4(2,3)5/h2*5H,1,4H2,2-3H3;;2*(H3,1,2,3,5)/q2*-1;+2;;. The number of hydrogen-bond acceptors (Lipinski definition) is 2. The maximum absolute atomic E-state index is 7.56. The molecule has 0 bridgehead atoms. The fourth-order valence-corrected chi connectivity index (χ4v) is 0. The second kappa shape index (κ2) is 19.8. The van der Waals surface area contributed by atoms with E-state index in [1.807, 2.05) is 0 Å². The van der Waals surface area contributed by atoms with E-state index in [0.29, 0.717) is 0 Å². The zero-order valence-corrected chi connectivity index (χ0v) is 18.2. The van der Waals surface area contributed by atoms with Crippen molar-refractivity contribution in [3.05, 3.63) is 13.8 Å². The first-order valence-corrected chi connectivity index (χ1v) is 11.0. The molecule has 21 heavy (non-hydrogen) atoms. The van der Waals surface area contributed by atoms with Gasteiger partial charge in [0, 0.05) is 0 Å². The Morgan fingerprint density at radius 3 is 0.762 bits per heavy atom. The van der Waals surface area contributed by atoms with Crippen molar-refractivity contribution in [2.45, 2.75) is 40.5 Å². The summed E-state index contributed by atoms with van der Waals surface area (Å²) in [6, 6.07) is 0. The summed E-state index contributed by atoms with van der Waals surface area (Å²) in [5.74, 6) is 1.55. The van der Waals surface area contributed by atoms with Gasteiger partial charge in [-0.1, -0.05) is 39.5 Å². The predicted octanol–water partition coefficient (Wildman–Crippen LogP) is 2.11. The Kier molecular flexibility index (Phi) is 32.2. The number of rotatable bonds is 2. The monoisotopic (exact) mass is 468 g/mol. The first-order valence-electron chi connectivity index (χ1n) is 5.69. The molecule has 0 aromatic carbocycles. The molecule has 0 aliphatic rings. The molecular weight excluding hydrogens is 438 g/mol. The minimum absolute atomic E-state index is 0. The zero-order valence-electron chi connectivity index (χ0n) is 12.8. The summed E-state index contributed by atoms with van der Waals surface area (Å²) in [7, 11) is 0. The normalized spacial score (nSPS) is 10.2. The van der Waals surface area contributed by atoms with Gasteiger partial charge in [0.05, 0.1) is 0 Å². The molecule has 0 aromatic rings. The molecule has 0 heterocycles. The van der Waals surface area contributed by atoms with Gasteiger partial charge in [0.25, 0.3) is 0 Å². The van der Waals surface area contributed by atoms with Gasteiger partial charge in [-0.3, -0.25) is 0 Å². The van der Waals surface area contributed by atoms with Crippen molar-refractivity contribution in [1.82, 2.24) is 0 Å². The summed E-state index contributed by atoms with van der Waals surface area (Å²) in [6.45, 7) is 8.40. The van der Waals surface area contributed by atoms with Crippen LogP contribution >= 0.6 is 13.4 Å². The van der Waals surface area contributed by atoms with E-state index < -0.39 is 13.4 Å². The Morgan fingerprint density at radius 2 is 0.762 bits per heavy atom. The second-order valence-corrected chi connectivity index (χ2v) is 9.38. The van der Waals surface area contributed by atoms with Gasteiger partial charge in [-0.05, 0) is 23.6 Å². The van der Waals surface area contributed by atoms with Crippen LogP contribution in [0.4, 0.5) is 0 Å². The SMILES string of the molecule is OP(O)(O)=S.OP(O)(O)=S.[CH2-]CC(C)C.[CH2-]CC(C)C.[Mo+2]. The van der Waals surface area contributed by atoms with Crippen LogP contribution in [0.15, 0.2) is 0 Å². The Hall–Kier alpha value is 1.75. The van der Waals surface area contributed by atoms with Crippen molar-refractivity contribution in [2.75, 3.05) is 0 Å². The molecule has 0 atom stereocenters. The van der Waals surface area contributed by atoms with Crippen molar-refractivity contribution >= 4 is 37.1 Å². The summed E-state index contributed by atoms with van der Waals surface area (Å²) in [4.78, 5) is 45.3. The topological polar surface area (TPSA) is 121 Å². The molecule has 0 rings (SSSR count). The van der Waals surface area contributed by atoms with Crippen LogP contribution in [0.1, 0.15) is 40.5 Å². The summed E-state index contributed by atoms with van der Waals surface area (Å²) < 4.78 is 0. The molecule has 0 saturated carbocycles. The van der Waals surface area contributed by atoms with Crippen molar-refractivity contribution in [2.24, 2.45) is 11.8 Å². The van der Waals surface area contributed by atoms with E-state index in [-0.39, 0.29) is 21.1 Å². The molecule has 0 amide bonds. The van der Waals surface area contributed by atoms with Gasteiger partial charge in [-0.2, -0.15) is 12.8 Å². The van der Waals surface area contributed by atoms with Crippen LogP contribution in [0.5, 0.6) is 0 Å². The molecule has 132 valence electrons. The van der Waals surface area contributed by atoms with Gasteiger partial charge >= 0.3 is 34.5 Å². The van der Waals surface area contributed by atoms with Crippen LogP contribution in [-0.2, 0) is 44.7 Å². The Balaban J connectivity index is -0.0000000533. The maximum Gasteiger partial charge on any atom is 2.00 e. The third-order valence-electron chi connectivity index (χ3n) is 1.15. The van der Waals surface area contributed by atoms with Gasteiger partial charge in [0.15, 0.2) is 0 Å². The summed E-state index contributed by atoms with van der Waals surface area (Å²) in [5.41, 5.74) is 0. The van der Waals surface area contributed by atoms with E-state index in [1.165, 1.54) is 0 Å². The third kappa shape index (κ3) is 257. The van der Waals surface area contributed by atoms with Crippen LogP contribution in [-0.4, -0.2) is 29.4 Å². The van der Waals surface area contributed by atoms with Gasteiger partial charge < -0.3 is 43.2 Å². The largest absolute Gasteiger partial charge is 2.00 e. The third-order valence-corrected chi connectivity index (χ3v) is 1.15. The van der Waals surface area contributed by atoms with Crippen LogP contribution in [0, 0.1) is 25.7 Å². The maximum atomic E-state index is 7.56. The zero-order chi connectivity index (χ0) is 17.6. The molecule has 0 aliphatic heterocycles. The van der Waals surface area contributed by atoms with Gasteiger partial charge in [-0.15, -0.1) is 0 Å². The van der Waals surface area contributed by atoms with E-state index in [2.05, 4.69) is 65.2 Å². The average molecular weight is 466 g/mol. The van der Waals surface area contributed by atoms with Gasteiger partial charge in [-0.25, -0.2) is 0 Å². The second-order valence-electron chi connectivity index (χ2n) is 4.39. The molecule has 6 N–H and O–H groups in total. The molecule has 0 saturated heterocycles. The fourth-order valence-electron chi connectivity index (χ4n) is 0. The Bertz CT molecular complexity index is 236. The molecule has 0 spiro atoms. The van der Waals surface area contributed by atoms with E-state index in [4.69, 9.17) is 29.4 Å². The Morgan fingerprint density at radius 1 is 0.714 bits per heavy atom. The van der Waals surface area contributed by atoms with Crippen LogP contribution in [0.2, 0.25) is 0 Å². The molecule has 0 radical (unpaired) electrons. The van der Waals surface area contributed by atoms with Crippen LogP contribution < -0.4 is 0 Å². The van der Waals surface area contributed by atoms with Crippen LogP contribution in [0.25, 0.3) is 0 Å². The first-order chi connectivity index (χ1) is 8.54. The van der Waals surface area contributed by atoms with Crippen molar-refractivity contribution < 1.29 is 50.4 Å². The van der Waals surface area contributed by atoms with Gasteiger partial charge in [0.2, 0.25) is 0 Å². The van der Waals surface area contributed by atoms with E-state index in [9.17, 15) is 0 Å². The molecule has 0 aliphatic carbocycles. The van der Waals surface area contributed by atoms with E-state index >= 15 is 0 Å². The molecule has 6 nitrogen and oxygen atoms in total. The smallest absolute Gasteiger partial charge is 0.343 e. The minimum Gasteiger partial charge on any atom is -0.343 e. The van der Waals surface area contributed by atoms with E-state index in [0.717, 1.165) is 24.7 Å². The molecular formula is C10H28MoO6P2S2. The summed E-state index contributed by atoms with van der Waals surface area (Å²) >= 11 is 7.21. The minimum atomic E-state index is -3.81. The van der Waals surface area contributed by atoms with Crippen molar-refractivity contribution in [3.63, 3.8) is 0 Å². The summed E-state index contributed by atoms with van der Waals surface area (Å²) in [6.07, 6.45) is 2.11. The van der Waals surface area contributed by atoms with Gasteiger partial charge in [0.1, 0.15) is 0 Å². The summed E-state index contributed by atoms with van der Waals surface area (Å²) in [5, 5.41) is 0.